The molecule has 0 aliphatic carbocycles. The highest BCUT2D eigenvalue weighted by molar-refractivity contribution is 5.81. The summed E-state index contributed by atoms with van der Waals surface area (Å²) in [7, 11) is 0. The lowest BCUT2D eigenvalue weighted by Crippen LogP contribution is -2.37. The second kappa shape index (κ2) is 3.18. The van der Waals surface area contributed by atoms with Crippen LogP contribution in [0.1, 0.15) is 6.92 Å². The third kappa shape index (κ3) is 2.27. The van der Waals surface area contributed by atoms with E-state index in [9.17, 15) is 0 Å². The van der Waals surface area contributed by atoms with E-state index in [1.807, 2.05) is 13.0 Å². The molecule has 1 aliphatic heterocycles. The summed E-state index contributed by atoms with van der Waals surface area (Å²) >= 11 is 0. The molecule has 0 saturated heterocycles. The largest absolute Gasteiger partial charge is 0.319 e. The first kappa shape index (κ1) is 9.12. The number of nitrogens with two attached hydrogens (primary N) is 3. The quantitative estimate of drug-likeness (QED) is 0.457. The molecule has 4 nitrogen and oxygen atoms in total. The minimum Gasteiger partial charge on any atom is -0.319 e. The van der Waals surface area contributed by atoms with Crippen LogP contribution >= 0.6 is 0 Å². The zero-order valence-corrected chi connectivity index (χ0v) is 7.07. The van der Waals surface area contributed by atoms with Gasteiger partial charge < -0.3 is 17.2 Å². The summed E-state index contributed by atoms with van der Waals surface area (Å²) in [5.74, 6) is 0. The fourth-order valence-electron chi connectivity index (χ4n) is 0.960. The smallest absolute Gasteiger partial charge is 0.0797 e. The molecular formula is C8H14N4. The van der Waals surface area contributed by atoms with Crippen molar-refractivity contribution in [2.45, 2.75) is 18.6 Å². The lowest BCUT2D eigenvalue weighted by atomic mass is 10.00. The van der Waals surface area contributed by atoms with Crippen molar-refractivity contribution in [2.24, 2.45) is 22.2 Å². The average Bonchev–Trinajstić information content (AvgIpc) is 2.10. The van der Waals surface area contributed by atoms with Gasteiger partial charge in [0, 0.05) is 12.4 Å². The SMILES string of the molecule is CC1(N)C=CN=CC(C(N)N)=C1. The van der Waals surface area contributed by atoms with Gasteiger partial charge in [0.25, 0.3) is 0 Å². The summed E-state index contributed by atoms with van der Waals surface area (Å²) in [6.07, 6.45) is 6.35. The Balaban J connectivity index is 2.95. The lowest BCUT2D eigenvalue weighted by molar-refractivity contribution is 0.718. The van der Waals surface area contributed by atoms with Gasteiger partial charge in [-0.2, -0.15) is 0 Å². The number of aliphatic imine (C=N–C) groups is 1. The summed E-state index contributed by atoms with van der Waals surface area (Å²) in [5, 5.41) is 0. The Morgan fingerprint density at radius 2 is 2.17 bits per heavy atom. The monoisotopic (exact) mass is 166 g/mol. The molecule has 0 bridgehead atoms. The highest BCUT2D eigenvalue weighted by Gasteiger charge is 2.14. The summed E-state index contributed by atoms with van der Waals surface area (Å²) in [6.45, 7) is 1.86. The van der Waals surface area contributed by atoms with Gasteiger partial charge in [0.1, 0.15) is 0 Å². The van der Waals surface area contributed by atoms with Crippen LogP contribution in [-0.4, -0.2) is 17.9 Å². The maximum atomic E-state index is 5.85. The van der Waals surface area contributed by atoms with Crippen LogP contribution in [0, 0.1) is 0 Å². The molecule has 0 saturated carbocycles. The molecule has 6 N–H and O–H groups in total. The molecule has 0 spiro atoms. The number of rotatable bonds is 1. The van der Waals surface area contributed by atoms with Crippen molar-refractivity contribution >= 4 is 6.21 Å². The summed E-state index contributed by atoms with van der Waals surface area (Å²) in [4.78, 5) is 3.96. The van der Waals surface area contributed by atoms with E-state index in [1.165, 1.54) is 0 Å². The molecule has 1 unspecified atom stereocenters. The Labute approximate surface area is 71.8 Å². The molecule has 1 rings (SSSR count). The van der Waals surface area contributed by atoms with Crippen LogP contribution in [0.4, 0.5) is 0 Å². The molecule has 1 heterocycles. The third-order valence-corrected chi connectivity index (χ3v) is 1.61. The summed E-state index contributed by atoms with van der Waals surface area (Å²) in [6, 6.07) is 0. The molecule has 1 atom stereocenters. The molecular weight excluding hydrogens is 152 g/mol. The Hall–Kier alpha value is -0.970. The van der Waals surface area contributed by atoms with Crippen molar-refractivity contribution in [1.29, 1.82) is 0 Å². The van der Waals surface area contributed by atoms with Gasteiger partial charge >= 0.3 is 0 Å². The van der Waals surface area contributed by atoms with Crippen LogP contribution in [0.3, 0.4) is 0 Å². The third-order valence-electron chi connectivity index (χ3n) is 1.61. The van der Waals surface area contributed by atoms with Gasteiger partial charge in [-0.3, -0.25) is 4.99 Å². The van der Waals surface area contributed by atoms with Crippen molar-refractivity contribution in [3.05, 3.63) is 23.9 Å². The predicted octanol–water partition coefficient (Wildman–Crippen LogP) is -0.528. The van der Waals surface area contributed by atoms with Gasteiger partial charge in [0.2, 0.25) is 0 Å². The minimum atomic E-state index is -0.517. The fraction of sp³-hybridized carbons (Fsp3) is 0.375. The Bertz CT molecular complexity index is 248. The van der Waals surface area contributed by atoms with Gasteiger partial charge in [-0.25, -0.2) is 0 Å². The predicted molar refractivity (Wildman–Crippen MR) is 50.5 cm³/mol. The summed E-state index contributed by atoms with van der Waals surface area (Å²) in [5.41, 5.74) is 17.1. The van der Waals surface area contributed by atoms with Crippen molar-refractivity contribution in [2.75, 3.05) is 0 Å². The topological polar surface area (TPSA) is 90.4 Å². The molecule has 12 heavy (non-hydrogen) atoms. The van der Waals surface area contributed by atoms with Crippen molar-refractivity contribution in [3.8, 4) is 0 Å². The molecule has 66 valence electrons. The Morgan fingerprint density at radius 3 is 2.75 bits per heavy atom. The van der Waals surface area contributed by atoms with E-state index < -0.39 is 11.7 Å². The second-order valence-corrected chi connectivity index (χ2v) is 3.13. The van der Waals surface area contributed by atoms with E-state index in [0.29, 0.717) is 0 Å². The highest BCUT2D eigenvalue weighted by Crippen LogP contribution is 2.10. The molecule has 0 radical (unpaired) electrons. The number of hydrogen-bond donors (Lipinski definition) is 3. The van der Waals surface area contributed by atoms with Crippen molar-refractivity contribution in [3.63, 3.8) is 0 Å². The van der Waals surface area contributed by atoms with Gasteiger partial charge in [-0.05, 0) is 18.6 Å². The van der Waals surface area contributed by atoms with Crippen molar-refractivity contribution in [1.82, 2.24) is 0 Å². The zero-order chi connectivity index (χ0) is 9.19. The first-order valence-corrected chi connectivity index (χ1v) is 3.75. The fourth-order valence-corrected chi connectivity index (χ4v) is 0.960. The van der Waals surface area contributed by atoms with Crippen LogP contribution < -0.4 is 17.2 Å². The van der Waals surface area contributed by atoms with Crippen LogP contribution in [0.15, 0.2) is 28.9 Å². The minimum absolute atomic E-state index is 0.511. The molecule has 0 amide bonds. The van der Waals surface area contributed by atoms with Crippen LogP contribution in [-0.2, 0) is 0 Å². The van der Waals surface area contributed by atoms with Gasteiger partial charge in [-0.1, -0.05) is 6.08 Å². The highest BCUT2D eigenvalue weighted by atomic mass is 14.9. The number of nitrogens with zero attached hydrogens (tertiary/aromatic N) is 1. The van der Waals surface area contributed by atoms with E-state index >= 15 is 0 Å². The normalized spacial score (nSPS) is 28.9. The first-order valence-electron chi connectivity index (χ1n) is 3.75. The maximum absolute atomic E-state index is 5.85. The average molecular weight is 166 g/mol. The first-order chi connectivity index (χ1) is 5.51. The summed E-state index contributed by atoms with van der Waals surface area (Å²) < 4.78 is 0. The molecule has 0 aromatic carbocycles. The molecule has 4 heteroatoms. The Morgan fingerprint density at radius 1 is 1.50 bits per heavy atom. The van der Waals surface area contributed by atoms with Crippen molar-refractivity contribution < 1.29 is 0 Å². The molecule has 0 aromatic rings. The second-order valence-electron chi connectivity index (χ2n) is 3.13. The molecule has 0 aromatic heterocycles. The van der Waals surface area contributed by atoms with E-state index in [0.717, 1.165) is 5.57 Å². The van der Waals surface area contributed by atoms with Gasteiger partial charge in [0.05, 0.1) is 11.7 Å². The molecule has 1 aliphatic rings. The zero-order valence-electron chi connectivity index (χ0n) is 7.07. The number of hydrogen-bond acceptors (Lipinski definition) is 4. The maximum Gasteiger partial charge on any atom is 0.0797 e. The van der Waals surface area contributed by atoms with E-state index in [2.05, 4.69) is 4.99 Å². The standard InChI is InChI=1S/C8H14N4/c1-8(11)2-3-12-5-6(4-8)7(9)10/h2-5,7H,9-11H2,1H3. The van der Waals surface area contributed by atoms with Gasteiger partial charge in [-0.15, -0.1) is 0 Å². The van der Waals surface area contributed by atoms with Crippen LogP contribution in [0.25, 0.3) is 0 Å². The van der Waals surface area contributed by atoms with Crippen LogP contribution in [0.5, 0.6) is 0 Å². The molecule has 0 fully saturated rings. The van der Waals surface area contributed by atoms with E-state index in [-0.39, 0.29) is 0 Å². The van der Waals surface area contributed by atoms with Crippen LogP contribution in [0.2, 0.25) is 0 Å². The van der Waals surface area contributed by atoms with E-state index in [1.54, 1.807) is 18.5 Å². The van der Waals surface area contributed by atoms with Gasteiger partial charge in [0.15, 0.2) is 0 Å². The lowest BCUT2D eigenvalue weighted by Gasteiger charge is -2.16. The van der Waals surface area contributed by atoms with E-state index in [4.69, 9.17) is 17.2 Å². The Kier molecular flexibility index (Phi) is 2.42.